The summed E-state index contributed by atoms with van der Waals surface area (Å²) in [4.78, 5) is 0. The van der Waals surface area contributed by atoms with E-state index < -0.39 is 18.9 Å². The monoisotopic (exact) mass is 461 g/mol. The van der Waals surface area contributed by atoms with Gasteiger partial charge in [0, 0.05) is 17.3 Å². The van der Waals surface area contributed by atoms with Crippen LogP contribution in [-0.2, 0) is 9.16 Å². The van der Waals surface area contributed by atoms with Crippen LogP contribution in [0, 0.1) is 34.2 Å². The van der Waals surface area contributed by atoms with Gasteiger partial charge in [0.1, 0.15) is 5.76 Å². The Hall–Kier alpha value is -1.18. The number of nitrogens with zero attached hydrogens (tertiary/aromatic N) is 1. The Morgan fingerprint density at radius 3 is 2.74 bits per heavy atom. The minimum Gasteiger partial charge on any atom is -0.490 e. The number of fused-ring (bicyclic) bond motifs is 5. The molecular formula is C25H36ClNO3Si. The van der Waals surface area contributed by atoms with E-state index in [-0.39, 0.29) is 10.8 Å². The van der Waals surface area contributed by atoms with Crippen LogP contribution in [0.2, 0.25) is 13.1 Å². The second-order valence-corrected chi connectivity index (χ2v) is 15.7. The number of alkyl halides is 1. The first-order chi connectivity index (χ1) is 14.5. The molecular weight excluding hydrogens is 426 g/mol. The van der Waals surface area contributed by atoms with Gasteiger partial charge in [0.25, 0.3) is 14.6 Å². The van der Waals surface area contributed by atoms with Gasteiger partial charge < -0.3 is 14.3 Å². The molecule has 4 rings (SSSR count). The summed E-state index contributed by atoms with van der Waals surface area (Å²) < 4.78 is 11.2. The van der Waals surface area contributed by atoms with E-state index in [2.05, 4.69) is 25.7 Å². The maximum atomic E-state index is 12.0. The van der Waals surface area contributed by atoms with Crippen LogP contribution >= 0.6 is 11.6 Å². The zero-order valence-electron chi connectivity index (χ0n) is 19.6. The predicted molar refractivity (Wildman–Crippen MR) is 125 cm³/mol. The van der Waals surface area contributed by atoms with E-state index in [1.54, 1.807) is 5.57 Å². The molecule has 0 saturated heterocycles. The Morgan fingerprint density at radius 1 is 1.32 bits per heavy atom. The number of hydrogen-bond acceptors (Lipinski definition) is 4. The van der Waals surface area contributed by atoms with Crippen molar-refractivity contribution in [3.63, 3.8) is 0 Å². The molecule has 0 aromatic rings. The Morgan fingerprint density at radius 2 is 2.06 bits per heavy atom. The topological polar surface area (TPSA) is 62.5 Å². The van der Waals surface area contributed by atoms with Crippen LogP contribution in [0.15, 0.2) is 28.7 Å². The predicted octanol–water partition coefficient (Wildman–Crippen LogP) is 5.97. The summed E-state index contributed by atoms with van der Waals surface area (Å²) in [5.74, 6) is 1.89. The van der Waals surface area contributed by atoms with Crippen molar-refractivity contribution in [2.45, 2.75) is 89.4 Å². The molecule has 0 spiro atoms. The van der Waals surface area contributed by atoms with E-state index in [0.29, 0.717) is 24.9 Å². The SMILES string of the molecule is CCOC1=C=C2CCC3C(=CC[C@@]4(C)C3CC[C@]4(O)[C@H](Cl)[Si](C)(C)OC#N)[C@@]2(C)CC1. The standard InChI is InChI=1S/C25H36ClNO3Si/c1-6-29-18-9-12-23(2)17(15-18)7-8-19-20(23)10-13-24(3)21(19)11-14-25(24,28)22(26)31(4,5)30-16-27/h10,19,21-22,28H,6-9,11-14H2,1-5H3/t19?,21?,22-,23+,24+,25+/m1/s1. The molecule has 2 saturated carbocycles. The molecule has 0 aliphatic heterocycles. The Bertz CT molecular complexity index is 901. The molecule has 0 heterocycles. The lowest BCUT2D eigenvalue weighted by atomic mass is 9.51. The van der Waals surface area contributed by atoms with Crippen LogP contribution in [0.25, 0.3) is 0 Å². The van der Waals surface area contributed by atoms with Gasteiger partial charge in [0.15, 0.2) is 0 Å². The van der Waals surface area contributed by atoms with E-state index >= 15 is 0 Å². The van der Waals surface area contributed by atoms with Crippen LogP contribution in [0.3, 0.4) is 0 Å². The third-order valence-corrected chi connectivity index (χ3v) is 13.3. The maximum Gasteiger partial charge on any atom is 0.282 e. The van der Waals surface area contributed by atoms with Crippen LogP contribution < -0.4 is 0 Å². The first kappa shape index (κ1) is 23.0. The van der Waals surface area contributed by atoms with Gasteiger partial charge in [0.05, 0.1) is 17.2 Å². The van der Waals surface area contributed by atoms with Crippen molar-refractivity contribution >= 4 is 19.9 Å². The van der Waals surface area contributed by atoms with Crippen molar-refractivity contribution in [1.29, 1.82) is 5.26 Å². The summed E-state index contributed by atoms with van der Waals surface area (Å²) in [5.41, 5.74) is 5.33. The number of halogens is 1. The summed E-state index contributed by atoms with van der Waals surface area (Å²) in [5, 5.41) is 20.6. The van der Waals surface area contributed by atoms with Gasteiger partial charge >= 0.3 is 0 Å². The third kappa shape index (κ3) is 3.25. The second kappa shape index (κ2) is 7.70. The van der Waals surface area contributed by atoms with Crippen molar-refractivity contribution in [3.05, 3.63) is 28.7 Å². The van der Waals surface area contributed by atoms with E-state index in [1.165, 1.54) is 5.57 Å². The van der Waals surface area contributed by atoms with Gasteiger partial charge in [-0.3, -0.25) is 0 Å². The molecule has 1 N–H and O–H groups in total. The molecule has 4 aliphatic carbocycles. The highest BCUT2D eigenvalue weighted by Crippen LogP contribution is 2.66. The lowest BCUT2D eigenvalue weighted by molar-refractivity contribution is -0.0744. The molecule has 0 amide bonds. The Labute approximate surface area is 193 Å². The zero-order valence-corrected chi connectivity index (χ0v) is 21.3. The lowest BCUT2D eigenvalue weighted by Gasteiger charge is -2.55. The van der Waals surface area contributed by atoms with E-state index in [0.717, 1.165) is 44.3 Å². The van der Waals surface area contributed by atoms with Gasteiger partial charge in [-0.15, -0.1) is 11.6 Å². The highest BCUT2D eigenvalue weighted by Gasteiger charge is 2.66. The molecule has 4 nitrogen and oxygen atoms in total. The Kier molecular flexibility index (Phi) is 5.71. The number of nitriles is 1. The van der Waals surface area contributed by atoms with Crippen molar-refractivity contribution in [3.8, 4) is 6.26 Å². The minimum atomic E-state index is -2.57. The van der Waals surface area contributed by atoms with Gasteiger partial charge in [-0.05, 0) is 76.0 Å². The molecule has 6 heteroatoms. The smallest absolute Gasteiger partial charge is 0.282 e. The number of ether oxygens (including phenoxy) is 1. The van der Waals surface area contributed by atoms with Crippen molar-refractivity contribution in [2.24, 2.45) is 22.7 Å². The van der Waals surface area contributed by atoms with Gasteiger partial charge in [-0.1, -0.05) is 31.2 Å². The maximum absolute atomic E-state index is 12.0. The molecule has 2 unspecified atom stereocenters. The van der Waals surface area contributed by atoms with Gasteiger partial charge in [-0.2, -0.15) is 5.26 Å². The molecule has 2 fully saturated rings. The summed E-state index contributed by atoms with van der Waals surface area (Å²) in [6.45, 7) is 11.2. The number of rotatable bonds is 5. The molecule has 170 valence electrons. The highest BCUT2D eigenvalue weighted by molar-refractivity contribution is 6.80. The molecule has 0 aromatic heterocycles. The average Bonchev–Trinajstić information content (AvgIpc) is 3.00. The number of aliphatic hydroxyl groups is 1. The zero-order chi connectivity index (χ0) is 22.7. The summed E-state index contributed by atoms with van der Waals surface area (Å²) in [6.07, 6.45) is 10.9. The molecule has 4 aliphatic rings. The summed E-state index contributed by atoms with van der Waals surface area (Å²) in [7, 11) is -2.57. The Balaban J connectivity index is 1.70. The van der Waals surface area contributed by atoms with E-state index in [1.807, 2.05) is 26.3 Å². The van der Waals surface area contributed by atoms with Crippen molar-refractivity contribution in [1.82, 2.24) is 0 Å². The molecule has 0 aromatic carbocycles. The first-order valence-corrected chi connectivity index (χ1v) is 15.2. The summed E-state index contributed by atoms with van der Waals surface area (Å²) in [6, 6.07) is 0. The van der Waals surface area contributed by atoms with Gasteiger partial charge in [0.2, 0.25) is 0 Å². The van der Waals surface area contributed by atoms with E-state index in [4.69, 9.17) is 26.0 Å². The lowest BCUT2D eigenvalue weighted by Crippen LogP contribution is -2.62. The number of hydrogen-bond donors (Lipinski definition) is 1. The fourth-order valence-corrected chi connectivity index (χ4v) is 9.69. The van der Waals surface area contributed by atoms with Crippen molar-refractivity contribution < 1.29 is 14.3 Å². The van der Waals surface area contributed by atoms with E-state index in [9.17, 15) is 5.11 Å². The van der Waals surface area contributed by atoms with Crippen LogP contribution in [0.5, 0.6) is 0 Å². The number of allylic oxidation sites excluding steroid dienone is 3. The fourth-order valence-electron chi connectivity index (χ4n) is 7.24. The van der Waals surface area contributed by atoms with Crippen LogP contribution in [0.4, 0.5) is 0 Å². The first-order valence-electron chi connectivity index (χ1n) is 11.8. The average molecular weight is 462 g/mol. The van der Waals surface area contributed by atoms with Crippen LogP contribution in [-0.4, -0.2) is 30.6 Å². The second-order valence-electron chi connectivity index (χ2n) is 10.9. The van der Waals surface area contributed by atoms with Crippen LogP contribution in [0.1, 0.15) is 65.7 Å². The fraction of sp³-hybridized carbons (Fsp3) is 0.760. The quantitative estimate of drug-likeness (QED) is 0.180. The normalized spacial score (nSPS) is 40.3. The summed E-state index contributed by atoms with van der Waals surface area (Å²) >= 11 is 6.95. The third-order valence-electron chi connectivity index (χ3n) is 9.08. The molecule has 0 radical (unpaired) electrons. The van der Waals surface area contributed by atoms with Gasteiger partial charge in [-0.25, -0.2) is 0 Å². The minimum absolute atomic E-state index is 0.0594. The van der Waals surface area contributed by atoms with Crippen molar-refractivity contribution in [2.75, 3.05) is 6.61 Å². The highest BCUT2D eigenvalue weighted by atomic mass is 35.5. The largest absolute Gasteiger partial charge is 0.490 e. The molecule has 31 heavy (non-hydrogen) atoms. The molecule has 0 bridgehead atoms. The molecule has 6 atom stereocenters.